The van der Waals surface area contributed by atoms with Crippen LogP contribution in [0.25, 0.3) is 0 Å². The van der Waals surface area contributed by atoms with E-state index < -0.39 is 0 Å². The van der Waals surface area contributed by atoms with Crippen LogP contribution in [0.4, 0.5) is 11.5 Å². The minimum atomic E-state index is 0.0397. The number of Topliss-reactive ketones (excluding diaryl/α,β-unsaturated/α-hetero) is 1. The normalized spacial score (nSPS) is 12.8. The number of fused-ring (bicyclic) bond motifs is 1. The number of ketones is 1. The van der Waals surface area contributed by atoms with Crippen LogP contribution >= 0.6 is 0 Å². The lowest BCUT2D eigenvalue weighted by atomic mass is 9.99. The molecule has 0 saturated heterocycles. The molecular weight excluding hydrogens is 350 g/mol. The minimum Gasteiger partial charge on any atom is -0.396 e. The predicted molar refractivity (Wildman–Crippen MR) is 109 cm³/mol. The summed E-state index contributed by atoms with van der Waals surface area (Å²) in [5.41, 5.74) is 5.07. The first kappa shape index (κ1) is 18.3. The molecule has 0 unspecified atom stereocenters. The molecule has 0 atom stereocenters. The van der Waals surface area contributed by atoms with E-state index in [1.54, 1.807) is 6.33 Å². The zero-order chi connectivity index (χ0) is 19.3. The fourth-order valence-corrected chi connectivity index (χ4v) is 3.74. The summed E-state index contributed by atoms with van der Waals surface area (Å²) < 4.78 is 0. The Morgan fingerprint density at radius 3 is 2.75 bits per heavy atom. The second-order valence-corrected chi connectivity index (χ2v) is 6.99. The lowest BCUT2D eigenvalue weighted by molar-refractivity contribution is 0.0970. The first-order valence-electron chi connectivity index (χ1n) is 9.64. The highest BCUT2D eigenvalue weighted by Crippen LogP contribution is 2.36. The van der Waals surface area contributed by atoms with Crippen LogP contribution in [0.1, 0.15) is 40.0 Å². The molecule has 2 heterocycles. The molecule has 0 bridgehead atoms. The summed E-state index contributed by atoms with van der Waals surface area (Å²) in [5.74, 6) is 0.958. The van der Waals surface area contributed by atoms with Crippen LogP contribution in [-0.2, 0) is 12.8 Å². The van der Waals surface area contributed by atoms with Crippen molar-refractivity contribution in [1.82, 2.24) is 9.97 Å². The molecule has 0 spiro atoms. The van der Waals surface area contributed by atoms with Gasteiger partial charge in [-0.15, -0.1) is 0 Å². The van der Waals surface area contributed by atoms with Crippen molar-refractivity contribution in [2.75, 3.05) is 18.1 Å². The molecule has 1 aliphatic heterocycles. The van der Waals surface area contributed by atoms with Crippen molar-refractivity contribution in [2.45, 2.75) is 25.7 Å². The summed E-state index contributed by atoms with van der Waals surface area (Å²) in [6, 6.07) is 18.2. The van der Waals surface area contributed by atoms with Gasteiger partial charge in [-0.05, 0) is 30.0 Å². The van der Waals surface area contributed by atoms with Crippen molar-refractivity contribution >= 4 is 17.3 Å². The van der Waals surface area contributed by atoms with Gasteiger partial charge in [-0.25, -0.2) is 9.97 Å². The number of carbonyl (C=O) groups excluding carboxylic acids is 1. The third-order valence-corrected chi connectivity index (χ3v) is 5.10. The summed E-state index contributed by atoms with van der Waals surface area (Å²) in [7, 11) is 0. The van der Waals surface area contributed by atoms with Crippen LogP contribution < -0.4 is 4.90 Å². The van der Waals surface area contributed by atoms with Gasteiger partial charge in [0.05, 0.1) is 5.69 Å². The van der Waals surface area contributed by atoms with Gasteiger partial charge in [-0.3, -0.25) is 4.79 Å². The maximum absolute atomic E-state index is 12.5. The summed E-state index contributed by atoms with van der Waals surface area (Å²) in [5, 5.41) is 9.00. The molecule has 0 saturated carbocycles. The van der Waals surface area contributed by atoms with E-state index in [1.165, 1.54) is 5.56 Å². The molecule has 4 rings (SSSR count). The van der Waals surface area contributed by atoms with Gasteiger partial charge >= 0.3 is 0 Å². The molecule has 28 heavy (non-hydrogen) atoms. The van der Waals surface area contributed by atoms with Gasteiger partial charge in [-0.2, -0.15) is 0 Å². The van der Waals surface area contributed by atoms with Gasteiger partial charge in [-0.1, -0.05) is 42.5 Å². The summed E-state index contributed by atoms with van der Waals surface area (Å²) in [6.45, 7) is 0.833. The van der Waals surface area contributed by atoms with E-state index in [-0.39, 0.29) is 12.4 Å². The van der Waals surface area contributed by atoms with Crippen LogP contribution in [0.5, 0.6) is 0 Å². The average molecular weight is 373 g/mol. The summed E-state index contributed by atoms with van der Waals surface area (Å²) in [4.78, 5) is 23.6. The minimum absolute atomic E-state index is 0.0397. The molecule has 5 heteroatoms. The first-order valence-corrected chi connectivity index (χ1v) is 9.64. The highest BCUT2D eigenvalue weighted by molar-refractivity contribution is 5.99. The number of aliphatic hydroxyl groups is 1. The van der Waals surface area contributed by atoms with Gasteiger partial charge < -0.3 is 10.0 Å². The third-order valence-electron chi connectivity index (χ3n) is 5.10. The van der Waals surface area contributed by atoms with Gasteiger partial charge in [0.1, 0.15) is 12.1 Å². The maximum Gasteiger partial charge on any atom is 0.163 e. The number of anilines is 2. The monoisotopic (exact) mass is 373 g/mol. The summed E-state index contributed by atoms with van der Waals surface area (Å²) in [6.07, 6.45) is 4.07. The quantitative estimate of drug-likeness (QED) is 0.640. The van der Waals surface area contributed by atoms with E-state index in [1.807, 2.05) is 42.5 Å². The fourth-order valence-electron chi connectivity index (χ4n) is 3.74. The Balaban J connectivity index is 1.60. The van der Waals surface area contributed by atoms with Crippen molar-refractivity contribution in [3.8, 4) is 0 Å². The molecule has 1 N–H and O–H groups in total. The van der Waals surface area contributed by atoms with E-state index >= 15 is 0 Å². The van der Waals surface area contributed by atoms with Gasteiger partial charge in [0, 0.05) is 43.3 Å². The number of nitrogens with zero attached hydrogens (tertiary/aromatic N) is 3. The van der Waals surface area contributed by atoms with Gasteiger partial charge in [0.15, 0.2) is 5.78 Å². The van der Waals surface area contributed by atoms with Crippen LogP contribution in [0.2, 0.25) is 0 Å². The van der Waals surface area contributed by atoms with E-state index in [0.29, 0.717) is 12.8 Å². The van der Waals surface area contributed by atoms with Crippen molar-refractivity contribution in [3.63, 3.8) is 0 Å². The topological polar surface area (TPSA) is 66.3 Å². The average Bonchev–Trinajstić information content (AvgIpc) is 3.17. The Labute approximate surface area is 164 Å². The van der Waals surface area contributed by atoms with Crippen molar-refractivity contribution in [2.24, 2.45) is 0 Å². The maximum atomic E-state index is 12.5. The molecule has 0 fully saturated rings. The van der Waals surface area contributed by atoms with E-state index in [9.17, 15) is 4.79 Å². The zero-order valence-electron chi connectivity index (χ0n) is 15.7. The Kier molecular flexibility index (Phi) is 5.44. The molecule has 3 aromatic rings. The molecule has 1 aromatic heterocycles. The predicted octanol–water partition coefficient (Wildman–Crippen LogP) is 3.72. The fraction of sp³-hybridized carbons (Fsp3) is 0.261. The molecule has 5 nitrogen and oxygen atoms in total. The number of aromatic nitrogens is 2. The number of hydrogen-bond donors (Lipinski definition) is 1. The Morgan fingerprint density at radius 2 is 1.93 bits per heavy atom. The van der Waals surface area contributed by atoms with Crippen molar-refractivity contribution in [1.29, 1.82) is 0 Å². The van der Waals surface area contributed by atoms with E-state index in [4.69, 9.17) is 5.11 Å². The number of hydrogen-bond acceptors (Lipinski definition) is 5. The Hall–Kier alpha value is -3.05. The van der Waals surface area contributed by atoms with E-state index in [2.05, 4.69) is 27.0 Å². The highest BCUT2D eigenvalue weighted by Gasteiger charge is 2.25. The third kappa shape index (κ3) is 3.80. The van der Waals surface area contributed by atoms with Crippen LogP contribution in [0, 0.1) is 0 Å². The molecule has 0 aliphatic carbocycles. The molecular formula is C23H23N3O2. The van der Waals surface area contributed by atoms with Crippen molar-refractivity contribution in [3.05, 3.63) is 83.3 Å². The molecule has 0 radical (unpaired) electrons. The number of carbonyl (C=O) groups is 1. The zero-order valence-corrected chi connectivity index (χ0v) is 15.7. The lowest BCUT2D eigenvalue weighted by Crippen LogP contribution is -2.15. The molecule has 2 aromatic carbocycles. The second-order valence-electron chi connectivity index (χ2n) is 6.99. The largest absolute Gasteiger partial charge is 0.396 e. The molecule has 1 aliphatic rings. The Morgan fingerprint density at radius 1 is 1.07 bits per heavy atom. The number of rotatable bonds is 7. The van der Waals surface area contributed by atoms with Crippen molar-refractivity contribution < 1.29 is 9.90 Å². The second kappa shape index (κ2) is 8.31. The summed E-state index contributed by atoms with van der Waals surface area (Å²) >= 11 is 0. The smallest absolute Gasteiger partial charge is 0.163 e. The number of aliphatic hydroxyl groups excluding tert-OH is 1. The highest BCUT2D eigenvalue weighted by atomic mass is 16.3. The molecule has 0 amide bonds. The standard InChI is InChI=1S/C23H23N3O2/c27-13-5-10-22(28)20-8-4-9-21-19(20)11-12-26(21)23-15-18(24-16-25-23)14-17-6-2-1-3-7-17/h1-4,6-9,15-16,27H,5,10-14H2. The van der Waals surface area contributed by atoms with Crippen LogP contribution in [0.15, 0.2) is 60.9 Å². The Bertz CT molecular complexity index is 973. The van der Waals surface area contributed by atoms with Gasteiger partial charge in [0.25, 0.3) is 0 Å². The number of benzene rings is 2. The SMILES string of the molecule is O=C(CCCO)c1cccc2c1CCN2c1cc(Cc2ccccc2)ncn1. The molecule has 142 valence electrons. The first-order chi connectivity index (χ1) is 13.8. The van der Waals surface area contributed by atoms with Crippen LogP contribution in [0.3, 0.4) is 0 Å². The lowest BCUT2D eigenvalue weighted by Gasteiger charge is -2.19. The van der Waals surface area contributed by atoms with Crippen LogP contribution in [-0.4, -0.2) is 34.0 Å². The van der Waals surface area contributed by atoms with Gasteiger partial charge in [0.2, 0.25) is 0 Å². The van der Waals surface area contributed by atoms with E-state index in [0.717, 1.165) is 47.7 Å².